The quantitative estimate of drug-likeness (QED) is 0.664. The van der Waals surface area contributed by atoms with Crippen molar-refractivity contribution in [2.75, 3.05) is 24.3 Å². The lowest BCUT2D eigenvalue weighted by Crippen LogP contribution is -2.49. The minimum Gasteiger partial charge on any atom is -0.378 e. The van der Waals surface area contributed by atoms with Gasteiger partial charge in [-0.1, -0.05) is 44.4 Å². The van der Waals surface area contributed by atoms with Crippen LogP contribution in [0.15, 0.2) is 24.3 Å². The topological polar surface area (TPSA) is 87.2 Å². The summed E-state index contributed by atoms with van der Waals surface area (Å²) in [6.07, 6.45) is 4.78. The van der Waals surface area contributed by atoms with Crippen molar-refractivity contribution in [1.29, 1.82) is 0 Å². The average Bonchev–Trinajstić information content (AvgIpc) is 3.43. The van der Waals surface area contributed by atoms with Gasteiger partial charge in [-0.05, 0) is 43.0 Å². The first-order chi connectivity index (χ1) is 14.4. The second kappa shape index (κ2) is 10.0. The highest BCUT2D eigenvalue weighted by atomic mass is 32.1. The maximum absolute atomic E-state index is 12.9. The summed E-state index contributed by atoms with van der Waals surface area (Å²) in [6.45, 7) is 4.00. The Hall–Kier alpha value is -2.48. The van der Waals surface area contributed by atoms with Gasteiger partial charge >= 0.3 is 0 Å². The molecule has 1 aliphatic rings. The number of anilines is 2. The molecule has 1 fully saturated rings. The standard InChI is InChI=1S/C22H31N5O2S/c1-5-14(2)18(23-19(28)15-8-6-7-9-15)20(29)24-22-26-25-21(30-22)16-10-12-17(13-11-16)27(3)4/h10-15,18H,5-9H2,1-4H3,(H,23,28)(H,24,26,29). The number of rotatable bonds is 8. The number of aromatic nitrogens is 2. The van der Waals surface area contributed by atoms with E-state index in [1.807, 2.05) is 57.1 Å². The molecule has 2 atom stereocenters. The molecule has 1 saturated carbocycles. The van der Waals surface area contributed by atoms with E-state index in [0.29, 0.717) is 5.13 Å². The lowest BCUT2D eigenvalue weighted by molar-refractivity contribution is -0.130. The van der Waals surface area contributed by atoms with Crippen LogP contribution in [0.4, 0.5) is 10.8 Å². The third kappa shape index (κ3) is 5.36. The first kappa shape index (κ1) is 22.2. The van der Waals surface area contributed by atoms with Gasteiger partial charge in [0, 0.05) is 31.3 Å². The zero-order valence-electron chi connectivity index (χ0n) is 18.1. The fourth-order valence-corrected chi connectivity index (χ4v) is 4.39. The summed E-state index contributed by atoms with van der Waals surface area (Å²) >= 11 is 1.33. The summed E-state index contributed by atoms with van der Waals surface area (Å²) in [4.78, 5) is 27.5. The molecule has 1 aromatic carbocycles. The van der Waals surface area contributed by atoms with Crippen LogP contribution in [0.1, 0.15) is 46.0 Å². The highest BCUT2D eigenvalue weighted by molar-refractivity contribution is 7.18. The number of nitrogens with zero attached hydrogens (tertiary/aromatic N) is 3. The van der Waals surface area contributed by atoms with Crippen molar-refractivity contribution < 1.29 is 9.59 Å². The van der Waals surface area contributed by atoms with Gasteiger partial charge in [0.2, 0.25) is 16.9 Å². The summed E-state index contributed by atoms with van der Waals surface area (Å²) in [5, 5.41) is 15.4. The Kier molecular flexibility index (Phi) is 7.42. The molecule has 30 heavy (non-hydrogen) atoms. The van der Waals surface area contributed by atoms with Gasteiger partial charge < -0.3 is 10.2 Å². The largest absolute Gasteiger partial charge is 0.378 e. The normalized spacial score (nSPS) is 16.1. The molecule has 2 aromatic rings. The maximum Gasteiger partial charge on any atom is 0.249 e. The van der Waals surface area contributed by atoms with E-state index in [4.69, 9.17) is 0 Å². The van der Waals surface area contributed by atoms with Crippen LogP contribution in [0.5, 0.6) is 0 Å². The molecular weight excluding hydrogens is 398 g/mol. The SMILES string of the molecule is CCC(C)C(NC(=O)C1CCCC1)C(=O)Nc1nnc(-c2ccc(N(C)C)cc2)s1. The van der Waals surface area contributed by atoms with Crippen LogP contribution in [0.3, 0.4) is 0 Å². The Morgan fingerprint density at radius 3 is 2.43 bits per heavy atom. The van der Waals surface area contributed by atoms with Gasteiger partial charge in [0.05, 0.1) is 0 Å². The summed E-state index contributed by atoms with van der Waals surface area (Å²) in [5.41, 5.74) is 2.05. The molecule has 0 radical (unpaired) electrons. The predicted octanol–water partition coefficient (Wildman–Crippen LogP) is 3.93. The van der Waals surface area contributed by atoms with E-state index in [9.17, 15) is 9.59 Å². The first-order valence-electron chi connectivity index (χ1n) is 10.6. The molecule has 0 saturated heterocycles. The molecule has 1 heterocycles. The number of carbonyl (C=O) groups is 2. The zero-order valence-corrected chi connectivity index (χ0v) is 19.0. The molecule has 1 aliphatic carbocycles. The highest BCUT2D eigenvalue weighted by Crippen LogP contribution is 2.28. The van der Waals surface area contributed by atoms with Gasteiger partial charge in [0.1, 0.15) is 11.0 Å². The van der Waals surface area contributed by atoms with Crippen LogP contribution in [0, 0.1) is 11.8 Å². The highest BCUT2D eigenvalue weighted by Gasteiger charge is 2.30. The summed E-state index contributed by atoms with van der Waals surface area (Å²) in [7, 11) is 3.99. The lowest BCUT2D eigenvalue weighted by Gasteiger charge is -2.24. The molecule has 0 bridgehead atoms. The van der Waals surface area contributed by atoms with Gasteiger partial charge in [0.25, 0.3) is 0 Å². The van der Waals surface area contributed by atoms with E-state index in [-0.39, 0.29) is 23.7 Å². The third-order valence-corrected chi connectivity index (χ3v) is 6.69. The Balaban J connectivity index is 1.67. The molecule has 1 aromatic heterocycles. The maximum atomic E-state index is 12.9. The molecule has 3 rings (SSSR count). The smallest absolute Gasteiger partial charge is 0.249 e. The van der Waals surface area contributed by atoms with Crippen LogP contribution >= 0.6 is 11.3 Å². The van der Waals surface area contributed by atoms with E-state index in [1.165, 1.54) is 11.3 Å². The number of hydrogen-bond donors (Lipinski definition) is 2. The monoisotopic (exact) mass is 429 g/mol. The zero-order chi connectivity index (χ0) is 21.7. The number of hydrogen-bond acceptors (Lipinski definition) is 6. The van der Waals surface area contributed by atoms with Gasteiger partial charge in [-0.25, -0.2) is 0 Å². The number of carbonyl (C=O) groups excluding carboxylic acids is 2. The second-order valence-electron chi connectivity index (χ2n) is 8.20. The van der Waals surface area contributed by atoms with Crippen molar-refractivity contribution in [3.05, 3.63) is 24.3 Å². The van der Waals surface area contributed by atoms with E-state index in [2.05, 4.69) is 20.8 Å². The van der Waals surface area contributed by atoms with Gasteiger partial charge in [-0.2, -0.15) is 0 Å². The Bertz CT molecular complexity index is 859. The molecule has 0 spiro atoms. The molecule has 0 aliphatic heterocycles. The molecule has 7 nitrogen and oxygen atoms in total. The van der Waals surface area contributed by atoms with Crippen molar-refractivity contribution in [3.63, 3.8) is 0 Å². The van der Waals surface area contributed by atoms with Crippen LogP contribution in [0.25, 0.3) is 10.6 Å². The Morgan fingerprint density at radius 2 is 1.83 bits per heavy atom. The summed E-state index contributed by atoms with van der Waals surface area (Å²) in [5.74, 6) is -0.183. The van der Waals surface area contributed by atoms with Crippen LogP contribution in [-0.2, 0) is 9.59 Å². The third-order valence-electron chi connectivity index (χ3n) is 5.80. The molecule has 2 amide bonds. The number of benzene rings is 1. The Labute approximate surface area is 182 Å². The van der Waals surface area contributed by atoms with Crippen LogP contribution in [-0.4, -0.2) is 42.1 Å². The van der Waals surface area contributed by atoms with Gasteiger partial charge in [0.15, 0.2) is 0 Å². The summed E-state index contributed by atoms with van der Waals surface area (Å²) in [6, 6.07) is 7.45. The van der Waals surface area contributed by atoms with Crippen LogP contribution in [0.2, 0.25) is 0 Å². The van der Waals surface area contributed by atoms with Crippen molar-refractivity contribution in [2.24, 2.45) is 11.8 Å². The molecule has 2 unspecified atom stereocenters. The molecular formula is C22H31N5O2S. The molecule has 8 heteroatoms. The van der Waals surface area contributed by atoms with Crippen molar-refractivity contribution in [3.8, 4) is 10.6 Å². The fraction of sp³-hybridized carbons (Fsp3) is 0.545. The van der Waals surface area contributed by atoms with E-state index < -0.39 is 6.04 Å². The minimum absolute atomic E-state index is 0.00751. The second-order valence-corrected chi connectivity index (χ2v) is 9.17. The van der Waals surface area contributed by atoms with E-state index in [0.717, 1.165) is 48.4 Å². The number of nitrogens with one attached hydrogen (secondary N) is 2. The van der Waals surface area contributed by atoms with Crippen molar-refractivity contribution >= 4 is 34.0 Å². The predicted molar refractivity (Wildman–Crippen MR) is 122 cm³/mol. The number of amides is 2. The average molecular weight is 430 g/mol. The van der Waals surface area contributed by atoms with Gasteiger partial charge in [-0.15, -0.1) is 10.2 Å². The van der Waals surface area contributed by atoms with Crippen LogP contribution < -0.4 is 15.5 Å². The van der Waals surface area contributed by atoms with Gasteiger partial charge in [-0.3, -0.25) is 14.9 Å². The first-order valence-corrected chi connectivity index (χ1v) is 11.4. The van der Waals surface area contributed by atoms with E-state index >= 15 is 0 Å². The minimum atomic E-state index is -0.574. The van der Waals surface area contributed by atoms with E-state index in [1.54, 1.807) is 0 Å². The molecule has 2 N–H and O–H groups in total. The van der Waals surface area contributed by atoms with Crippen molar-refractivity contribution in [1.82, 2.24) is 15.5 Å². The summed E-state index contributed by atoms with van der Waals surface area (Å²) < 4.78 is 0. The fourth-order valence-electron chi connectivity index (χ4n) is 3.64. The van der Waals surface area contributed by atoms with Crippen molar-refractivity contribution in [2.45, 2.75) is 52.0 Å². The lowest BCUT2D eigenvalue weighted by atomic mass is 9.97. The Morgan fingerprint density at radius 1 is 1.17 bits per heavy atom. The molecule has 162 valence electrons.